The van der Waals surface area contributed by atoms with Crippen molar-refractivity contribution in [1.29, 1.82) is 0 Å². The fourth-order valence-corrected chi connectivity index (χ4v) is 9.27. The number of carbonyl (C=O) groups excluding carboxylic acids is 1. The molecule has 0 heterocycles. The molecule has 4 nitrogen and oxygen atoms in total. The van der Waals surface area contributed by atoms with Crippen LogP contribution in [-0.2, 0) is 14.2 Å². The third kappa shape index (κ3) is 42.2. The summed E-state index contributed by atoms with van der Waals surface area (Å²) in [6.45, 7) is 14.0. The highest BCUT2D eigenvalue weighted by Gasteiger charge is 2.24. The van der Waals surface area contributed by atoms with Crippen LogP contribution in [-0.4, -0.2) is 53.6 Å². The minimum Gasteiger partial charge on any atom is -0.456 e. The van der Waals surface area contributed by atoms with E-state index in [4.69, 9.17) is 14.2 Å². The van der Waals surface area contributed by atoms with Gasteiger partial charge in [0, 0.05) is 18.1 Å². The number of unbranched alkanes of at least 4 members (excludes halogenated alkanes) is 31. The van der Waals surface area contributed by atoms with E-state index >= 15 is 0 Å². The Bertz CT molecular complexity index is 766. The summed E-state index contributed by atoms with van der Waals surface area (Å²) in [5.41, 5.74) is -0.588. The fourth-order valence-electron chi connectivity index (χ4n) is 7.36. The molecule has 0 bridgehead atoms. The zero-order valence-corrected chi connectivity index (χ0v) is 40.7. The molecule has 0 spiro atoms. The van der Waals surface area contributed by atoms with Gasteiger partial charge in [-0.25, -0.2) is 4.79 Å². The molecule has 1 unspecified atom stereocenters. The normalized spacial score (nSPS) is 12.8. The topological polar surface area (TPSA) is 44.8 Å². The molecule has 0 fully saturated rings. The number of rotatable bonds is 45. The molecule has 0 amide bonds. The first kappa shape index (κ1) is 56.1. The van der Waals surface area contributed by atoms with Crippen LogP contribution in [0.4, 0.5) is 4.79 Å². The lowest BCUT2D eigenvalue weighted by molar-refractivity contribution is -0.0481. The summed E-state index contributed by atoms with van der Waals surface area (Å²) in [4.78, 5) is 12.8. The highest BCUT2D eigenvalue weighted by molar-refractivity contribution is 8.13. The van der Waals surface area contributed by atoms with Crippen LogP contribution in [0.5, 0.6) is 0 Å². The molecule has 0 aliphatic carbocycles. The van der Waals surface area contributed by atoms with Gasteiger partial charge in [0.15, 0.2) is 0 Å². The summed E-state index contributed by atoms with van der Waals surface area (Å²) in [5.74, 6) is 1.78. The van der Waals surface area contributed by atoms with Crippen molar-refractivity contribution in [3.8, 4) is 0 Å². The van der Waals surface area contributed by atoms with Crippen molar-refractivity contribution in [2.75, 3.05) is 31.8 Å². The van der Waals surface area contributed by atoms with Crippen LogP contribution >= 0.6 is 23.5 Å². The van der Waals surface area contributed by atoms with E-state index < -0.39 is 0 Å². The number of methoxy groups -OCH3 is 1. The zero-order valence-electron chi connectivity index (χ0n) is 39.1. The smallest absolute Gasteiger partial charge is 0.367 e. The van der Waals surface area contributed by atoms with Crippen LogP contribution in [0.2, 0.25) is 0 Å². The Kier molecular flexibility index (Phi) is 41.9. The van der Waals surface area contributed by atoms with Crippen molar-refractivity contribution in [2.45, 2.75) is 283 Å². The lowest BCUT2D eigenvalue weighted by Gasteiger charge is -2.28. The number of thioether (sulfide) groups is 2. The lowest BCUT2D eigenvalue weighted by Crippen LogP contribution is -2.32. The number of hydrogen-bond donors (Lipinski definition) is 0. The van der Waals surface area contributed by atoms with E-state index in [1.54, 1.807) is 7.11 Å². The van der Waals surface area contributed by atoms with Gasteiger partial charge >= 0.3 is 5.30 Å². The number of carbonyl (C=O) groups is 1. The summed E-state index contributed by atoms with van der Waals surface area (Å²) in [7, 11) is 1.74. The monoisotopic (exact) mass is 829 g/mol. The average molecular weight is 829 g/mol. The molecule has 0 radical (unpaired) electrons. The molecule has 0 aliphatic rings. The molecule has 0 aromatic heterocycles. The maximum atomic E-state index is 12.8. The Morgan fingerprint density at radius 1 is 0.500 bits per heavy atom. The SMILES string of the molecule is CCCCCCCCCCCCCCCCCCCC(COC(=O)SCC(C)(C)OCCC(C)(C)OC)SCCCCCCCCCCCCCCCCCC. The number of ether oxygens (including phenoxy) is 3. The minimum atomic E-state index is -0.387. The van der Waals surface area contributed by atoms with Gasteiger partial charge < -0.3 is 14.2 Å². The van der Waals surface area contributed by atoms with Gasteiger partial charge in [-0.15, -0.1) is 0 Å². The summed E-state index contributed by atoms with van der Waals surface area (Å²) in [5, 5.41) is 0.252. The zero-order chi connectivity index (χ0) is 41.3. The quantitative estimate of drug-likeness (QED) is 0.0450. The van der Waals surface area contributed by atoms with Gasteiger partial charge in [-0.1, -0.05) is 219 Å². The third-order valence-electron chi connectivity index (χ3n) is 11.7. The highest BCUT2D eigenvalue weighted by Crippen LogP contribution is 2.25. The molecule has 0 rings (SSSR count). The molecular formula is C50H100O4S2. The molecule has 336 valence electrons. The van der Waals surface area contributed by atoms with Crippen molar-refractivity contribution in [1.82, 2.24) is 0 Å². The van der Waals surface area contributed by atoms with Crippen LogP contribution in [0.3, 0.4) is 0 Å². The predicted octanol–water partition coefficient (Wildman–Crippen LogP) is 17.9. The molecule has 6 heteroatoms. The summed E-state index contributed by atoms with van der Waals surface area (Å²) in [6.07, 6.45) is 48.4. The second-order valence-corrected chi connectivity index (χ2v) is 20.7. The van der Waals surface area contributed by atoms with Crippen LogP contribution in [0.25, 0.3) is 0 Å². The molecule has 0 aromatic rings. The molecule has 0 saturated carbocycles. The van der Waals surface area contributed by atoms with E-state index in [0.29, 0.717) is 24.2 Å². The molecular weight excluding hydrogens is 729 g/mol. The molecule has 56 heavy (non-hydrogen) atoms. The lowest BCUT2D eigenvalue weighted by atomic mass is 10.0. The first-order valence-corrected chi connectivity index (χ1v) is 26.8. The van der Waals surface area contributed by atoms with Crippen molar-refractivity contribution >= 4 is 28.8 Å². The van der Waals surface area contributed by atoms with Crippen molar-refractivity contribution in [2.24, 2.45) is 0 Å². The molecule has 0 saturated heterocycles. The molecule has 0 N–H and O–H groups in total. The van der Waals surface area contributed by atoms with E-state index in [-0.39, 0.29) is 16.5 Å². The Balaban J connectivity index is 4.24. The van der Waals surface area contributed by atoms with E-state index in [0.717, 1.165) is 12.8 Å². The second-order valence-electron chi connectivity index (χ2n) is 18.4. The molecule has 0 aliphatic heterocycles. The van der Waals surface area contributed by atoms with Crippen molar-refractivity contribution < 1.29 is 19.0 Å². The van der Waals surface area contributed by atoms with Crippen LogP contribution < -0.4 is 0 Å². The van der Waals surface area contributed by atoms with Gasteiger partial charge in [-0.05, 0) is 64.5 Å². The Hall–Kier alpha value is 0.0900. The first-order chi connectivity index (χ1) is 27.2. The highest BCUT2D eigenvalue weighted by atomic mass is 32.2. The maximum absolute atomic E-state index is 12.8. The van der Waals surface area contributed by atoms with Gasteiger partial charge in [0.1, 0.15) is 6.61 Å². The fraction of sp³-hybridized carbons (Fsp3) is 0.980. The van der Waals surface area contributed by atoms with Gasteiger partial charge in [0.2, 0.25) is 0 Å². The summed E-state index contributed by atoms with van der Waals surface area (Å²) >= 11 is 3.32. The largest absolute Gasteiger partial charge is 0.456 e. The maximum Gasteiger partial charge on any atom is 0.367 e. The van der Waals surface area contributed by atoms with E-state index in [1.165, 1.54) is 229 Å². The molecule has 1 atom stereocenters. The predicted molar refractivity (Wildman–Crippen MR) is 254 cm³/mol. The van der Waals surface area contributed by atoms with Gasteiger partial charge in [-0.2, -0.15) is 11.8 Å². The van der Waals surface area contributed by atoms with E-state index in [2.05, 4.69) is 53.3 Å². The van der Waals surface area contributed by atoms with E-state index in [9.17, 15) is 4.79 Å². The molecule has 0 aromatic carbocycles. The van der Waals surface area contributed by atoms with E-state index in [1.807, 2.05) is 0 Å². The van der Waals surface area contributed by atoms with Gasteiger partial charge in [-0.3, -0.25) is 0 Å². The Labute approximate surface area is 360 Å². The first-order valence-electron chi connectivity index (χ1n) is 24.8. The average Bonchev–Trinajstić information content (AvgIpc) is 3.18. The van der Waals surface area contributed by atoms with Gasteiger partial charge in [0.05, 0.1) is 17.8 Å². The minimum absolute atomic E-state index is 0.158. The van der Waals surface area contributed by atoms with Crippen LogP contribution in [0.15, 0.2) is 0 Å². The summed E-state index contributed by atoms with van der Waals surface area (Å²) < 4.78 is 17.5. The Morgan fingerprint density at radius 3 is 1.23 bits per heavy atom. The van der Waals surface area contributed by atoms with Crippen molar-refractivity contribution in [3.05, 3.63) is 0 Å². The Morgan fingerprint density at radius 2 is 0.857 bits per heavy atom. The number of hydrogen-bond acceptors (Lipinski definition) is 6. The van der Waals surface area contributed by atoms with Crippen LogP contribution in [0, 0.1) is 0 Å². The second kappa shape index (κ2) is 41.8. The summed E-state index contributed by atoms with van der Waals surface area (Å²) in [6, 6.07) is 0. The van der Waals surface area contributed by atoms with Crippen LogP contribution in [0.1, 0.15) is 266 Å². The van der Waals surface area contributed by atoms with Gasteiger partial charge in [0.25, 0.3) is 0 Å². The standard InChI is InChI=1S/C50H100O4S2/c1-8-10-12-14-16-18-20-22-24-26-27-29-31-33-35-37-39-41-47(45-53-48(51)56-46-50(5,6)54-43-42-49(3,4)52-7)55-44-40-38-36-34-32-30-28-25-23-21-19-17-15-13-11-9-2/h47H,8-46H2,1-7H3. The third-order valence-corrected chi connectivity index (χ3v) is 14.2. The van der Waals surface area contributed by atoms with Crippen molar-refractivity contribution in [3.63, 3.8) is 0 Å².